The molecular formula is C17H18N2OS. The summed E-state index contributed by atoms with van der Waals surface area (Å²) in [7, 11) is 0. The fourth-order valence-electron chi connectivity index (χ4n) is 1.92. The molecule has 0 aliphatic heterocycles. The molecule has 0 spiro atoms. The molecule has 4 heteroatoms. The van der Waals surface area contributed by atoms with E-state index in [-0.39, 0.29) is 11.9 Å². The summed E-state index contributed by atoms with van der Waals surface area (Å²) in [5.41, 5.74) is 7.32. The van der Waals surface area contributed by atoms with E-state index in [0.29, 0.717) is 6.54 Å². The minimum atomic E-state index is -0.0450. The van der Waals surface area contributed by atoms with Crippen LogP contribution in [0.5, 0.6) is 0 Å². The molecule has 1 heterocycles. The molecule has 0 aliphatic rings. The van der Waals surface area contributed by atoms with Crippen molar-refractivity contribution >= 4 is 17.2 Å². The van der Waals surface area contributed by atoms with Crippen molar-refractivity contribution in [1.29, 1.82) is 0 Å². The van der Waals surface area contributed by atoms with Crippen LogP contribution in [0.25, 0.3) is 0 Å². The first kappa shape index (κ1) is 15.3. The number of aryl methyl sites for hydroxylation is 1. The summed E-state index contributed by atoms with van der Waals surface area (Å²) in [6.07, 6.45) is 0. The van der Waals surface area contributed by atoms with E-state index in [2.05, 4.69) is 17.2 Å². The van der Waals surface area contributed by atoms with E-state index in [1.807, 2.05) is 50.2 Å². The number of hydrogen-bond donors (Lipinski definition) is 2. The van der Waals surface area contributed by atoms with Gasteiger partial charge in [-0.15, -0.1) is 11.3 Å². The third kappa shape index (κ3) is 4.19. The molecule has 21 heavy (non-hydrogen) atoms. The molecule has 1 aromatic carbocycles. The van der Waals surface area contributed by atoms with Crippen LogP contribution >= 0.6 is 11.3 Å². The van der Waals surface area contributed by atoms with Crippen LogP contribution in [0.2, 0.25) is 0 Å². The lowest BCUT2D eigenvalue weighted by atomic mass is 10.1. The molecule has 3 nitrogen and oxygen atoms in total. The number of hydrogen-bond acceptors (Lipinski definition) is 3. The minimum Gasteiger partial charge on any atom is -0.345 e. The molecule has 3 N–H and O–H groups in total. The number of carbonyl (C=O) groups is 1. The van der Waals surface area contributed by atoms with E-state index in [9.17, 15) is 4.79 Å². The van der Waals surface area contributed by atoms with Gasteiger partial charge in [0.15, 0.2) is 0 Å². The number of benzene rings is 1. The highest BCUT2D eigenvalue weighted by Gasteiger charge is 2.12. The van der Waals surface area contributed by atoms with Gasteiger partial charge < -0.3 is 11.1 Å². The van der Waals surface area contributed by atoms with Crippen molar-refractivity contribution in [1.82, 2.24) is 5.32 Å². The van der Waals surface area contributed by atoms with E-state index < -0.39 is 0 Å². The Morgan fingerprint density at radius 2 is 2.00 bits per heavy atom. The average molecular weight is 298 g/mol. The zero-order valence-electron chi connectivity index (χ0n) is 12.1. The van der Waals surface area contributed by atoms with Crippen molar-refractivity contribution in [2.75, 3.05) is 6.54 Å². The second-order valence-corrected chi connectivity index (χ2v) is 6.02. The van der Waals surface area contributed by atoms with Gasteiger partial charge in [-0.05, 0) is 43.7 Å². The molecule has 2 rings (SSSR count). The van der Waals surface area contributed by atoms with Crippen LogP contribution in [-0.2, 0) is 0 Å². The van der Waals surface area contributed by atoms with Gasteiger partial charge in [0.1, 0.15) is 0 Å². The molecule has 1 amide bonds. The van der Waals surface area contributed by atoms with E-state index in [1.165, 1.54) is 11.3 Å². The fraction of sp³-hybridized carbons (Fsp3) is 0.235. The van der Waals surface area contributed by atoms with Crippen LogP contribution in [-0.4, -0.2) is 12.5 Å². The van der Waals surface area contributed by atoms with Gasteiger partial charge in [-0.2, -0.15) is 0 Å². The Labute approximate surface area is 129 Å². The lowest BCUT2D eigenvalue weighted by molar-refractivity contribution is 0.0944. The summed E-state index contributed by atoms with van der Waals surface area (Å²) in [5.74, 6) is 5.76. The number of carbonyl (C=O) groups excluding carboxylic acids is 1. The topological polar surface area (TPSA) is 55.1 Å². The first-order chi connectivity index (χ1) is 10.1. The molecule has 1 unspecified atom stereocenters. The highest BCUT2D eigenvalue weighted by atomic mass is 32.1. The maximum atomic E-state index is 12.1. The third-order valence-electron chi connectivity index (χ3n) is 3.06. The number of nitrogens with two attached hydrogens (primary N) is 1. The summed E-state index contributed by atoms with van der Waals surface area (Å²) in [6, 6.07) is 11.6. The molecule has 0 saturated carbocycles. The summed E-state index contributed by atoms with van der Waals surface area (Å²) in [5, 5.41) is 3.00. The highest BCUT2D eigenvalue weighted by molar-refractivity contribution is 7.13. The number of thiophene rings is 1. The van der Waals surface area contributed by atoms with Crippen molar-refractivity contribution in [2.24, 2.45) is 5.73 Å². The van der Waals surface area contributed by atoms with Crippen LogP contribution in [0.4, 0.5) is 0 Å². The van der Waals surface area contributed by atoms with Crippen LogP contribution in [0.1, 0.15) is 38.6 Å². The molecule has 1 aromatic heterocycles. The van der Waals surface area contributed by atoms with Gasteiger partial charge in [0.05, 0.1) is 17.5 Å². The highest BCUT2D eigenvalue weighted by Crippen LogP contribution is 2.18. The molecular weight excluding hydrogens is 280 g/mol. The monoisotopic (exact) mass is 298 g/mol. The van der Waals surface area contributed by atoms with Gasteiger partial charge in [-0.1, -0.05) is 24.0 Å². The quantitative estimate of drug-likeness (QED) is 0.856. The Bertz CT molecular complexity index is 677. The van der Waals surface area contributed by atoms with E-state index in [0.717, 1.165) is 20.9 Å². The summed E-state index contributed by atoms with van der Waals surface area (Å²) in [6.45, 7) is 4.32. The van der Waals surface area contributed by atoms with E-state index in [1.54, 1.807) is 0 Å². The van der Waals surface area contributed by atoms with Gasteiger partial charge in [0, 0.05) is 10.4 Å². The predicted octanol–water partition coefficient (Wildman–Crippen LogP) is 2.86. The van der Waals surface area contributed by atoms with E-state index >= 15 is 0 Å². The first-order valence-electron chi connectivity index (χ1n) is 6.76. The van der Waals surface area contributed by atoms with Crippen LogP contribution in [0.15, 0.2) is 36.4 Å². The van der Waals surface area contributed by atoms with Crippen molar-refractivity contribution in [2.45, 2.75) is 19.9 Å². The molecule has 0 bridgehead atoms. The molecule has 2 aromatic rings. The van der Waals surface area contributed by atoms with Crippen molar-refractivity contribution < 1.29 is 4.79 Å². The maximum absolute atomic E-state index is 12.1. The minimum absolute atomic E-state index is 0.0346. The first-order valence-corrected chi connectivity index (χ1v) is 7.58. The second kappa shape index (κ2) is 7.07. The number of amides is 1. The van der Waals surface area contributed by atoms with Crippen LogP contribution in [0, 0.1) is 18.8 Å². The van der Waals surface area contributed by atoms with Crippen LogP contribution in [0.3, 0.4) is 0 Å². The van der Waals surface area contributed by atoms with Gasteiger partial charge in [-0.25, -0.2) is 0 Å². The van der Waals surface area contributed by atoms with E-state index in [4.69, 9.17) is 5.73 Å². The molecule has 0 saturated heterocycles. The lowest BCUT2D eigenvalue weighted by Gasteiger charge is -2.13. The molecule has 108 valence electrons. The molecule has 1 atom stereocenters. The summed E-state index contributed by atoms with van der Waals surface area (Å²) in [4.78, 5) is 14.0. The molecule has 0 radical (unpaired) electrons. The lowest BCUT2D eigenvalue weighted by Crippen LogP contribution is -2.25. The molecule has 0 fully saturated rings. The van der Waals surface area contributed by atoms with Crippen molar-refractivity contribution in [3.05, 3.63) is 57.3 Å². The largest absolute Gasteiger partial charge is 0.345 e. The van der Waals surface area contributed by atoms with Gasteiger partial charge in [0.25, 0.3) is 5.91 Å². The SMILES string of the molecule is Cc1ccc(C(=O)NC(C)c2ccc(C#CCN)cc2)s1. The van der Waals surface area contributed by atoms with Crippen LogP contribution < -0.4 is 11.1 Å². The van der Waals surface area contributed by atoms with Gasteiger partial charge in [0.2, 0.25) is 0 Å². The summed E-state index contributed by atoms with van der Waals surface area (Å²) < 4.78 is 0. The third-order valence-corrected chi connectivity index (χ3v) is 4.06. The van der Waals surface area contributed by atoms with Crippen molar-refractivity contribution in [3.8, 4) is 11.8 Å². The smallest absolute Gasteiger partial charge is 0.261 e. The Kier molecular flexibility index (Phi) is 5.15. The Morgan fingerprint density at radius 3 is 2.57 bits per heavy atom. The fourth-order valence-corrected chi connectivity index (χ4v) is 2.69. The molecule has 0 aliphatic carbocycles. The Hall–Kier alpha value is -2.09. The predicted molar refractivity (Wildman–Crippen MR) is 87.3 cm³/mol. The normalized spacial score (nSPS) is 11.4. The second-order valence-electron chi connectivity index (χ2n) is 4.73. The zero-order valence-corrected chi connectivity index (χ0v) is 13.0. The maximum Gasteiger partial charge on any atom is 0.261 e. The zero-order chi connectivity index (χ0) is 15.2. The Morgan fingerprint density at radius 1 is 1.29 bits per heavy atom. The van der Waals surface area contributed by atoms with Crippen molar-refractivity contribution in [3.63, 3.8) is 0 Å². The van der Waals surface area contributed by atoms with Gasteiger partial charge >= 0.3 is 0 Å². The Balaban J connectivity index is 2.03. The number of rotatable bonds is 3. The average Bonchev–Trinajstić information content (AvgIpc) is 2.92. The standard InChI is InChI=1S/C17H18N2OS/c1-12-5-10-16(21-12)17(20)19-13(2)15-8-6-14(7-9-15)4-3-11-18/h5-10,13H,11,18H2,1-2H3,(H,19,20). The van der Waals surface area contributed by atoms with Gasteiger partial charge in [-0.3, -0.25) is 4.79 Å². The summed E-state index contributed by atoms with van der Waals surface area (Å²) >= 11 is 1.50. The number of nitrogens with one attached hydrogen (secondary N) is 1.